The molecule has 0 N–H and O–H groups in total. The maximum absolute atomic E-state index is 4.28. The van der Waals surface area contributed by atoms with Crippen LogP contribution in [0.25, 0.3) is 0 Å². The monoisotopic (exact) mass is 178 g/mol. The molecule has 10 heavy (non-hydrogen) atoms. The Kier molecular flexibility index (Phi) is 6.86. The molecule has 0 rings (SSSR count). The summed E-state index contributed by atoms with van der Waals surface area (Å²) in [5, 5.41) is 0.772. The second-order valence-corrected chi connectivity index (χ2v) is 4.81. The fraction of sp³-hybridized carbons (Fsp3) is 1.00. The van der Waals surface area contributed by atoms with Crippen LogP contribution in [0.1, 0.15) is 27.2 Å². The summed E-state index contributed by atoms with van der Waals surface area (Å²) < 4.78 is 0. The molecule has 0 heterocycles. The maximum atomic E-state index is 4.28. The SMILES string of the molecule is CCC(CS)CSC(C)C. The fourth-order valence-electron chi connectivity index (χ4n) is 0.628. The third kappa shape index (κ3) is 5.48. The Balaban J connectivity index is 3.26. The minimum atomic E-state index is 0.772. The van der Waals surface area contributed by atoms with Gasteiger partial charge in [-0.1, -0.05) is 27.2 Å². The second kappa shape index (κ2) is 6.41. The zero-order chi connectivity index (χ0) is 7.98. The Hall–Kier alpha value is 0.700. The number of hydrogen-bond acceptors (Lipinski definition) is 2. The van der Waals surface area contributed by atoms with Gasteiger partial charge >= 0.3 is 0 Å². The zero-order valence-corrected chi connectivity index (χ0v) is 8.84. The highest BCUT2D eigenvalue weighted by atomic mass is 32.2. The molecule has 0 nitrogen and oxygen atoms in total. The van der Waals surface area contributed by atoms with Crippen LogP contribution in [0, 0.1) is 5.92 Å². The van der Waals surface area contributed by atoms with Crippen molar-refractivity contribution in [1.82, 2.24) is 0 Å². The van der Waals surface area contributed by atoms with Crippen LogP contribution >= 0.6 is 24.4 Å². The number of rotatable bonds is 5. The summed E-state index contributed by atoms with van der Waals surface area (Å²) >= 11 is 6.32. The summed E-state index contributed by atoms with van der Waals surface area (Å²) in [5.74, 6) is 3.13. The van der Waals surface area contributed by atoms with Crippen LogP contribution in [-0.2, 0) is 0 Å². The Labute approximate surface area is 74.6 Å². The number of hydrogen-bond donors (Lipinski definition) is 1. The summed E-state index contributed by atoms with van der Waals surface area (Å²) in [5.41, 5.74) is 0. The Bertz CT molecular complexity index is 67.7. The first-order valence-electron chi connectivity index (χ1n) is 3.93. The van der Waals surface area contributed by atoms with Crippen molar-refractivity contribution in [1.29, 1.82) is 0 Å². The van der Waals surface area contributed by atoms with Gasteiger partial charge in [0.25, 0.3) is 0 Å². The van der Waals surface area contributed by atoms with Gasteiger partial charge in [-0.15, -0.1) is 0 Å². The van der Waals surface area contributed by atoms with Gasteiger partial charge in [0.15, 0.2) is 0 Å². The molecule has 0 saturated carbocycles. The first-order valence-corrected chi connectivity index (χ1v) is 5.61. The highest BCUT2D eigenvalue weighted by Crippen LogP contribution is 2.17. The summed E-state index contributed by atoms with van der Waals surface area (Å²) in [6.07, 6.45) is 1.27. The molecule has 0 aliphatic heterocycles. The average Bonchev–Trinajstić information content (AvgIpc) is 1.90. The Morgan fingerprint density at radius 3 is 2.30 bits per heavy atom. The van der Waals surface area contributed by atoms with E-state index >= 15 is 0 Å². The van der Waals surface area contributed by atoms with E-state index in [0.717, 1.165) is 16.9 Å². The molecule has 0 spiro atoms. The molecule has 0 amide bonds. The average molecular weight is 178 g/mol. The normalized spacial score (nSPS) is 14.1. The molecule has 0 aromatic carbocycles. The third-order valence-corrected chi connectivity index (χ3v) is 3.35. The van der Waals surface area contributed by atoms with E-state index in [-0.39, 0.29) is 0 Å². The topological polar surface area (TPSA) is 0 Å². The standard InChI is InChI=1S/C8H18S2/c1-4-8(5-9)6-10-7(2)3/h7-9H,4-6H2,1-3H3. The van der Waals surface area contributed by atoms with Gasteiger partial charge in [0.05, 0.1) is 0 Å². The molecule has 0 fully saturated rings. The van der Waals surface area contributed by atoms with Gasteiger partial charge in [-0.2, -0.15) is 24.4 Å². The van der Waals surface area contributed by atoms with Crippen molar-refractivity contribution in [3.8, 4) is 0 Å². The minimum absolute atomic E-state index is 0.772. The van der Waals surface area contributed by atoms with Gasteiger partial charge in [-0.25, -0.2) is 0 Å². The van der Waals surface area contributed by atoms with E-state index in [0.29, 0.717) is 0 Å². The fourth-order valence-corrected chi connectivity index (χ4v) is 2.20. The largest absolute Gasteiger partial charge is 0.179 e. The summed E-state index contributed by atoms with van der Waals surface area (Å²) in [7, 11) is 0. The van der Waals surface area contributed by atoms with Crippen LogP contribution < -0.4 is 0 Å². The third-order valence-electron chi connectivity index (χ3n) is 1.50. The molecule has 0 saturated heterocycles. The highest BCUT2D eigenvalue weighted by molar-refractivity contribution is 7.99. The maximum Gasteiger partial charge on any atom is -0.000958 e. The first kappa shape index (κ1) is 10.7. The van der Waals surface area contributed by atoms with Gasteiger partial charge in [0, 0.05) is 0 Å². The van der Waals surface area contributed by atoms with Crippen molar-refractivity contribution < 1.29 is 0 Å². The van der Waals surface area contributed by atoms with Gasteiger partial charge in [0.2, 0.25) is 0 Å². The van der Waals surface area contributed by atoms with E-state index in [9.17, 15) is 0 Å². The van der Waals surface area contributed by atoms with Crippen LogP contribution in [0.3, 0.4) is 0 Å². The molecule has 0 aliphatic rings. The molecule has 62 valence electrons. The predicted octanol–water partition coefficient (Wildman–Crippen LogP) is 3.08. The quantitative estimate of drug-likeness (QED) is 0.631. The molecule has 0 aliphatic carbocycles. The Morgan fingerprint density at radius 1 is 1.40 bits per heavy atom. The first-order chi connectivity index (χ1) is 4.70. The second-order valence-electron chi connectivity index (χ2n) is 2.84. The Morgan fingerprint density at radius 2 is 2.00 bits per heavy atom. The van der Waals surface area contributed by atoms with Crippen molar-refractivity contribution >= 4 is 24.4 Å². The van der Waals surface area contributed by atoms with E-state index in [1.807, 2.05) is 11.8 Å². The molecule has 0 aromatic heterocycles. The smallest absolute Gasteiger partial charge is 0.000958 e. The van der Waals surface area contributed by atoms with E-state index in [1.54, 1.807) is 0 Å². The zero-order valence-electron chi connectivity index (χ0n) is 7.13. The van der Waals surface area contributed by atoms with E-state index in [4.69, 9.17) is 0 Å². The summed E-state index contributed by atoms with van der Waals surface area (Å²) in [6, 6.07) is 0. The lowest BCUT2D eigenvalue weighted by Gasteiger charge is -2.12. The molecular formula is C8H18S2. The molecule has 0 aromatic rings. The lowest BCUT2D eigenvalue weighted by Crippen LogP contribution is -2.05. The van der Waals surface area contributed by atoms with Crippen molar-refractivity contribution in [2.24, 2.45) is 5.92 Å². The lowest BCUT2D eigenvalue weighted by molar-refractivity contribution is 0.648. The molecule has 0 radical (unpaired) electrons. The molecule has 1 unspecified atom stereocenters. The van der Waals surface area contributed by atoms with Gasteiger partial charge in [-0.3, -0.25) is 0 Å². The van der Waals surface area contributed by atoms with Crippen LogP contribution in [0.5, 0.6) is 0 Å². The van der Waals surface area contributed by atoms with E-state index in [1.165, 1.54) is 12.2 Å². The molecule has 0 bridgehead atoms. The van der Waals surface area contributed by atoms with Crippen LogP contribution in [-0.4, -0.2) is 16.8 Å². The molecular weight excluding hydrogens is 160 g/mol. The molecule has 1 atom stereocenters. The van der Waals surface area contributed by atoms with Crippen molar-refractivity contribution in [3.05, 3.63) is 0 Å². The summed E-state index contributed by atoms with van der Waals surface area (Å²) in [6.45, 7) is 6.73. The number of thiol groups is 1. The molecule has 2 heteroatoms. The summed E-state index contributed by atoms with van der Waals surface area (Å²) in [4.78, 5) is 0. The lowest BCUT2D eigenvalue weighted by atomic mass is 10.2. The van der Waals surface area contributed by atoms with Crippen LogP contribution in [0.15, 0.2) is 0 Å². The number of thioether (sulfide) groups is 1. The van der Waals surface area contributed by atoms with Gasteiger partial charge in [-0.05, 0) is 22.7 Å². The van der Waals surface area contributed by atoms with Crippen LogP contribution in [0.4, 0.5) is 0 Å². The minimum Gasteiger partial charge on any atom is -0.179 e. The van der Waals surface area contributed by atoms with Crippen molar-refractivity contribution in [2.45, 2.75) is 32.4 Å². The van der Waals surface area contributed by atoms with E-state index in [2.05, 4.69) is 33.4 Å². The van der Waals surface area contributed by atoms with Gasteiger partial charge < -0.3 is 0 Å². The van der Waals surface area contributed by atoms with Crippen molar-refractivity contribution in [2.75, 3.05) is 11.5 Å². The van der Waals surface area contributed by atoms with Crippen molar-refractivity contribution in [3.63, 3.8) is 0 Å². The van der Waals surface area contributed by atoms with Gasteiger partial charge in [0.1, 0.15) is 0 Å². The predicted molar refractivity (Wildman–Crippen MR) is 55.2 cm³/mol. The van der Waals surface area contributed by atoms with Crippen LogP contribution in [0.2, 0.25) is 0 Å². The highest BCUT2D eigenvalue weighted by Gasteiger charge is 2.04. The van der Waals surface area contributed by atoms with E-state index < -0.39 is 0 Å².